The minimum absolute atomic E-state index is 0.0668. The molecule has 166 valence electrons. The van der Waals surface area contributed by atoms with E-state index in [9.17, 15) is 4.79 Å². The number of allylic oxidation sites excluding steroid dienone is 2. The summed E-state index contributed by atoms with van der Waals surface area (Å²) in [7, 11) is 0. The van der Waals surface area contributed by atoms with E-state index < -0.39 is 5.91 Å². The van der Waals surface area contributed by atoms with Gasteiger partial charge in [0.15, 0.2) is 0 Å². The number of hydrogen-bond donors (Lipinski definition) is 5. The van der Waals surface area contributed by atoms with E-state index in [0.717, 1.165) is 11.1 Å². The monoisotopic (exact) mass is 520 g/mol. The molecule has 5 N–H and O–H groups in total. The Kier molecular flexibility index (Phi) is 12.1. The molecule has 1 aromatic rings. The highest BCUT2D eigenvalue weighted by Crippen LogP contribution is 2.22. The Morgan fingerprint density at radius 1 is 1.17 bits per heavy atom. The molecule has 0 saturated carbocycles. The normalized spacial score (nSPS) is 11.4. The lowest BCUT2D eigenvalue weighted by molar-refractivity contribution is -0.117. The van der Waals surface area contributed by atoms with Gasteiger partial charge < -0.3 is 25.8 Å². The first kappa shape index (κ1) is 26.5. The van der Waals surface area contributed by atoms with Crippen LogP contribution in [0, 0.1) is 5.41 Å². The van der Waals surface area contributed by atoms with E-state index in [2.05, 4.69) is 31.9 Å². The number of aliphatic hydroxyl groups is 1. The number of aliphatic hydroxyl groups excluding tert-OH is 1. The second-order valence-electron chi connectivity index (χ2n) is 6.51. The maximum absolute atomic E-state index is 12.9. The zero-order valence-corrected chi connectivity index (χ0v) is 20.3. The van der Waals surface area contributed by atoms with Gasteiger partial charge in [-0.25, -0.2) is 0 Å². The second kappa shape index (κ2) is 13.7. The summed E-state index contributed by atoms with van der Waals surface area (Å²) in [5, 5.41) is 26.5. The van der Waals surface area contributed by atoms with Crippen molar-refractivity contribution in [2.24, 2.45) is 0 Å². The molecule has 0 heterocycles. The molecule has 0 radical (unpaired) electrons. The first-order chi connectivity index (χ1) is 14.2. The van der Waals surface area contributed by atoms with Gasteiger partial charge in [0.25, 0.3) is 5.91 Å². The quantitative estimate of drug-likeness (QED) is 0.164. The van der Waals surface area contributed by atoms with Gasteiger partial charge in [0.2, 0.25) is 0 Å². The van der Waals surface area contributed by atoms with Crippen LogP contribution in [-0.4, -0.2) is 42.0 Å². The van der Waals surface area contributed by atoms with Crippen LogP contribution in [0.5, 0.6) is 0 Å². The second-order valence-corrected chi connectivity index (χ2v) is 8.12. The number of ether oxygens (including phenoxy) is 1. The van der Waals surface area contributed by atoms with Crippen LogP contribution in [0.15, 0.2) is 40.9 Å². The fourth-order valence-corrected chi connectivity index (χ4v) is 2.79. The van der Waals surface area contributed by atoms with Crippen molar-refractivity contribution in [1.82, 2.24) is 16.0 Å². The predicted octanol–water partition coefficient (Wildman–Crippen LogP) is 3.70. The van der Waals surface area contributed by atoms with Gasteiger partial charge in [-0.15, -0.1) is 0 Å². The number of amides is 1. The van der Waals surface area contributed by atoms with Crippen molar-refractivity contribution in [3.05, 3.63) is 56.5 Å². The SMILES string of the molecule is CC(C)=C(NCc1ccc(Cl)c(Cl)c1)NC(=O)/C(NCCOCCO)=C(\C)C(=N)Br. The van der Waals surface area contributed by atoms with Crippen LogP contribution in [0.3, 0.4) is 0 Å². The molecular weight excluding hydrogens is 495 g/mol. The van der Waals surface area contributed by atoms with Gasteiger partial charge in [-0.1, -0.05) is 29.3 Å². The van der Waals surface area contributed by atoms with Gasteiger partial charge in [0.05, 0.1) is 29.9 Å². The molecule has 0 saturated heterocycles. The van der Waals surface area contributed by atoms with E-state index in [4.69, 9.17) is 38.5 Å². The van der Waals surface area contributed by atoms with E-state index in [1.54, 1.807) is 19.1 Å². The molecule has 10 heteroatoms. The molecule has 0 fully saturated rings. The zero-order valence-electron chi connectivity index (χ0n) is 17.2. The summed E-state index contributed by atoms with van der Waals surface area (Å²) in [5.74, 6) is 0.160. The summed E-state index contributed by atoms with van der Waals surface area (Å²) in [6.07, 6.45) is 0. The maximum Gasteiger partial charge on any atom is 0.273 e. The molecular formula is C20H27BrCl2N4O3. The molecule has 30 heavy (non-hydrogen) atoms. The van der Waals surface area contributed by atoms with Crippen molar-refractivity contribution >= 4 is 49.7 Å². The average Bonchev–Trinajstić information content (AvgIpc) is 2.69. The number of rotatable bonds is 12. The summed E-state index contributed by atoms with van der Waals surface area (Å²) >= 11 is 15.1. The first-order valence-corrected chi connectivity index (χ1v) is 10.8. The third-order valence-electron chi connectivity index (χ3n) is 3.91. The molecule has 0 spiro atoms. The Bertz CT molecular complexity index is 824. The average molecular weight is 522 g/mol. The van der Waals surface area contributed by atoms with E-state index >= 15 is 0 Å². The Balaban J connectivity index is 2.86. The summed E-state index contributed by atoms with van der Waals surface area (Å²) in [4.78, 5) is 12.9. The van der Waals surface area contributed by atoms with Crippen LogP contribution in [0.25, 0.3) is 0 Å². The van der Waals surface area contributed by atoms with E-state index in [-0.39, 0.29) is 23.5 Å². The van der Waals surface area contributed by atoms with Crippen LogP contribution < -0.4 is 16.0 Å². The first-order valence-electron chi connectivity index (χ1n) is 9.21. The molecule has 0 aromatic heterocycles. The van der Waals surface area contributed by atoms with Gasteiger partial charge >= 0.3 is 0 Å². The lowest BCUT2D eigenvalue weighted by atomic mass is 10.2. The molecule has 0 aliphatic rings. The molecule has 7 nitrogen and oxygen atoms in total. The van der Waals surface area contributed by atoms with Gasteiger partial charge in [0, 0.05) is 18.7 Å². The van der Waals surface area contributed by atoms with Gasteiger partial charge in [-0.3, -0.25) is 10.2 Å². The number of halogens is 3. The number of benzene rings is 1. The number of hydrogen-bond acceptors (Lipinski definition) is 6. The molecule has 1 rings (SSSR count). The van der Waals surface area contributed by atoms with Crippen molar-refractivity contribution < 1.29 is 14.6 Å². The predicted molar refractivity (Wildman–Crippen MR) is 125 cm³/mol. The van der Waals surface area contributed by atoms with E-state index in [1.807, 2.05) is 19.9 Å². The Hall–Kier alpha value is -1.58. The molecule has 1 amide bonds. The molecule has 0 atom stereocenters. The van der Waals surface area contributed by atoms with Crippen molar-refractivity contribution in [3.63, 3.8) is 0 Å². The molecule has 1 aromatic carbocycles. The fourth-order valence-electron chi connectivity index (χ4n) is 2.27. The van der Waals surface area contributed by atoms with Crippen LogP contribution in [0.4, 0.5) is 0 Å². The van der Waals surface area contributed by atoms with Crippen LogP contribution in [-0.2, 0) is 16.1 Å². The van der Waals surface area contributed by atoms with Gasteiger partial charge in [-0.2, -0.15) is 0 Å². The third kappa shape index (κ3) is 9.06. The molecule has 0 aliphatic heterocycles. The van der Waals surface area contributed by atoms with Crippen LogP contribution in [0.1, 0.15) is 26.3 Å². The van der Waals surface area contributed by atoms with Crippen molar-refractivity contribution in [1.29, 1.82) is 5.41 Å². The van der Waals surface area contributed by atoms with Gasteiger partial charge in [-0.05, 0) is 60.0 Å². The Morgan fingerprint density at radius 2 is 1.87 bits per heavy atom. The number of carbonyl (C=O) groups is 1. The van der Waals surface area contributed by atoms with Crippen LogP contribution >= 0.6 is 39.1 Å². The number of carbonyl (C=O) groups excluding carboxylic acids is 1. The summed E-state index contributed by atoms with van der Waals surface area (Å²) in [6, 6.07) is 5.33. The summed E-state index contributed by atoms with van der Waals surface area (Å²) < 4.78 is 5.30. The highest BCUT2D eigenvalue weighted by molar-refractivity contribution is 9.18. The topological polar surface area (TPSA) is 106 Å². The number of nitrogens with one attached hydrogen (secondary N) is 4. The lowest BCUT2D eigenvalue weighted by Crippen LogP contribution is -2.38. The maximum atomic E-state index is 12.9. The highest BCUT2D eigenvalue weighted by atomic mass is 79.9. The van der Waals surface area contributed by atoms with E-state index in [0.29, 0.717) is 41.1 Å². The zero-order chi connectivity index (χ0) is 22.7. The standard InChI is InChI=1S/C20H27BrCl2N4O3/c1-12(2)19(26-11-14-4-5-15(22)16(23)10-14)27-20(29)17(13(3)18(21)24)25-6-8-30-9-7-28/h4-5,10,24-26,28H,6-9,11H2,1-3H3,(H,27,29)/b17-13-,24-18?. The fraction of sp³-hybridized carbons (Fsp3) is 0.400. The largest absolute Gasteiger partial charge is 0.394 e. The third-order valence-corrected chi connectivity index (χ3v) is 5.24. The minimum atomic E-state index is -0.392. The molecule has 0 unspecified atom stereocenters. The lowest BCUT2D eigenvalue weighted by Gasteiger charge is -2.18. The Morgan fingerprint density at radius 3 is 2.43 bits per heavy atom. The Labute approximate surface area is 195 Å². The minimum Gasteiger partial charge on any atom is -0.394 e. The molecule has 0 aliphatic carbocycles. The highest BCUT2D eigenvalue weighted by Gasteiger charge is 2.16. The van der Waals surface area contributed by atoms with Crippen molar-refractivity contribution in [2.75, 3.05) is 26.4 Å². The van der Waals surface area contributed by atoms with Gasteiger partial charge in [0.1, 0.15) is 16.1 Å². The van der Waals surface area contributed by atoms with E-state index in [1.165, 1.54) is 0 Å². The van der Waals surface area contributed by atoms with Crippen molar-refractivity contribution in [2.45, 2.75) is 27.3 Å². The summed E-state index contributed by atoms with van der Waals surface area (Å²) in [6.45, 7) is 6.66. The van der Waals surface area contributed by atoms with Crippen LogP contribution in [0.2, 0.25) is 10.0 Å². The van der Waals surface area contributed by atoms with Crippen molar-refractivity contribution in [3.8, 4) is 0 Å². The summed E-state index contributed by atoms with van der Waals surface area (Å²) in [5.41, 5.74) is 2.48. The molecule has 0 bridgehead atoms. The smallest absolute Gasteiger partial charge is 0.273 e.